The Morgan fingerprint density at radius 2 is 1.92 bits per heavy atom. The van der Waals surface area contributed by atoms with Gasteiger partial charge in [-0.25, -0.2) is 9.97 Å². The van der Waals surface area contributed by atoms with Crippen molar-refractivity contribution in [2.45, 2.75) is 5.03 Å². The largest absolute Gasteiger partial charge is 0.351 e. The van der Waals surface area contributed by atoms with Crippen molar-refractivity contribution >= 4 is 56.9 Å². The number of carbonyl (C=O) groups is 1. The Morgan fingerprint density at radius 3 is 2.76 bits per heavy atom. The number of rotatable bonds is 4. The van der Waals surface area contributed by atoms with Crippen molar-refractivity contribution < 1.29 is 4.79 Å². The number of fused-ring (bicyclic) bond motifs is 3. The van der Waals surface area contributed by atoms with E-state index in [4.69, 9.17) is 11.6 Å². The first kappa shape index (κ1) is 15.9. The van der Waals surface area contributed by atoms with E-state index in [-0.39, 0.29) is 11.7 Å². The minimum Gasteiger partial charge on any atom is -0.351 e. The third-order valence-corrected chi connectivity index (χ3v) is 4.96. The molecule has 124 valence electrons. The van der Waals surface area contributed by atoms with Gasteiger partial charge in [0.1, 0.15) is 16.9 Å². The van der Waals surface area contributed by atoms with Gasteiger partial charge < -0.3 is 10.3 Å². The summed E-state index contributed by atoms with van der Waals surface area (Å²) in [5.41, 5.74) is 3.44. The first-order valence-electron chi connectivity index (χ1n) is 7.60. The number of hydrogen-bond donors (Lipinski definition) is 2. The number of halogens is 1. The van der Waals surface area contributed by atoms with Gasteiger partial charge in [0, 0.05) is 21.6 Å². The standard InChI is InChI=1S/C18H13ClN4OS/c19-11-5-7-12(8-6-11)22-15(24)9-25-18-17-16(20-10-21-18)13-3-1-2-4-14(13)23-17/h1-8,10,23H,9H2,(H,22,24). The molecule has 2 aromatic carbocycles. The minimum atomic E-state index is -0.102. The highest BCUT2D eigenvalue weighted by Crippen LogP contribution is 2.29. The van der Waals surface area contributed by atoms with Crippen molar-refractivity contribution in [3.8, 4) is 0 Å². The van der Waals surface area contributed by atoms with Gasteiger partial charge in [0.2, 0.25) is 5.91 Å². The number of para-hydroxylation sites is 1. The van der Waals surface area contributed by atoms with Crippen LogP contribution in [-0.4, -0.2) is 26.6 Å². The maximum Gasteiger partial charge on any atom is 0.234 e. The lowest BCUT2D eigenvalue weighted by molar-refractivity contribution is -0.113. The first-order chi connectivity index (χ1) is 12.2. The SMILES string of the molecule is O=C(CSc1ncnc2c1[nH]c1ccccc12)Nc1ccc(Cl)cc1. The van der Waals surface area contributed by atoms with Gasteiger partial charge >= 0.3 is 0 Å². The van der Waals surface area contributed by atoms with Crippen LogP contribution in [-0.2, 0) is 4.79 Å². The van der Waals surface area contributed by atoms with Gasteiger partial charge in [-0.1, -0.05) is 41.6 Å². The molecular weight excluding hydrogens is 356 g/mol. The van der Waals surface area contributed by atoms with Crippen LogP contribution in [0, 0.1) is 0 Å². The number of nitrogens with one attached hydrogen (secondary N) is 2. The van der Waals surface area contributed by atoms with Crippen molar-refractivity contribution in [2.24, 2.45) is 0 Å². The minimum absolute atomic E-state index is 0.102. The number of carbonyl (C=O) groups excluding carboxylic acids is 1. The second-order valence-electron chi connectivity index (χ2n) is 5.42. The van der Waals surface area contributed by atoms with E-state index in [1.54, 1.807) is 24.3 Å². The zero-order chi connectivity index (χ0) is 17.2. The van der Waals surface area contributed by atoms with Crippen LogP contribution >= 0.6 is 23.4 Å². The Balaban J connectivity index is 1.52. The molecule has 0 aliphatic rings. The van der Waals surface area contributed by atoms with Gasteiger partial charge in [-0.3, -0.25) is 4.79 Å². The molecule has 1 amide bonds. The van der Waals surface area contributed by atoms with Gasteiger partial charge in [-0.15, -0.1) is 0 Å². The van der Waals surface area contributed by atoms with Gasteiger partial charge in [0.25, 0.3) is 0 Å². The average molecular weight is 369 g/mol. The summed E-state index contributed by atoms with van der Waals surface area (Å²) >= 11 is 7.22. The summed E-state index contributed by atoms with van der Waals surface area (Å²) in [4.78, 5) is 24.2. The smallest absolute Gasteiger partial charge is 0.234 e. The second-order valence-corrected chi connectivity index (χ2v) is 6.82. The third kappa shape index (κ3) is 3.31. The lowest BCUT2D eigenvalue weighted by Crippen LogP contribution is -2.14. The predicted molar refractivity (Wildman–Crippen MR) is 102 cm³/mol. The Kier molecular flexibility index (Phi) is 4.29. The van der Waals surface area contributed by atoms with E-state index in [1.165, 1.54) is 18.1 Å². The molecule has 0 aliphatic heterocycles. The number of benzene rings is 2. The maximum atomic E-state index is 12.2. The van der Waals surface area contributed by atoms with E-state index in [0.29, 0.717) is 10.7 Å². The summed E-state index contributed by atoms with van der Waals surface area (Å²) in [5, 5.41) is 5.28. The van der Waals surface area contributed by atoms with E-state index in [0.717, 1.165) is 27.0 Å². The van der Waals surface area contributed by atoms with Crippen LogP contribution in [0.15, 0.2) is 59.9 Å². The molecule has 5 nitrogen and oxygen atoms in total. The number of aromatic nitrogens is 3. The van der Waals surface area contributed by atoms with E-state index in [2.05, 4.69) is 20.3 Å². The first-order valence-corrected chi connectivity index (χ1v) is 8.97. The number of H-pyrrole nitrogens is 1. The maximum absolute atomic E-state index is 12.2. The highest BCUT2D eigenvalue weighted by atomic mass is 35.5. The van der Waals surface area contributed by atoms with Crippen LogP contribution in [0.5, 0.6) is 0 Å². The van der Waals surface area contributed by atoms with Gasteiger partial charge in [-0.05, 0) is 30.3 Å². The molecule has 2 aromatic heterocycles. The van der Waals surface area contributed by atoms with Gasteiger partial charge in [-0.2, -0.15) is 0 Å². The van der Waals surface area contributed by atoms with Crippen LogP contribution in [0.1, 0.15) is 0 Å². The molecule has 0 fully saturated rings. The molecule has 0 bridgehead atoms. The monoisotopic (exact) mass is 368 g/mol. The van der Waals surface area contributed by atoms with Crippen molar-refractivity contribution in [1.82, 2.24) is 15.0 Å². The Labute approximate surface area is 152 Å². The molecule has 25 heavy (non-hydrogen) atoms. The molecule has 0 unspecified atom stereocenters. The van der Waals surface area contributed by atoms with E-state index in [1.807, 2.05) is 24.3 Å². The fourth-order valence-corrected chi connectivity index (χ4v) is 3.47. The summed E-state index contributed by atoms with van der Waals surface area (Å²) < 4.78 is 0. The quantitative estimate of drug-likeness (QED) is 0.411. The second kappa shape index (κ2) is 6.74. The van der Waals surface area contributed by atoms with Crippen molar-refractivity contribution in [2.75, 3.05) is 11.1 Å². The summed E-state index contributed by atoms with van der Waals surface area (Å²) in [7, 11) is 0. The Morgan fingerprint density at radius 1 is 1.12 bits per heavy atom. The van der Waals surface area contributed by atoms with Gasteiger partial charge in [0.15, 0.2) is 0 Å². The van der Waals surface area contributed by atoms with Crippen LogP contribution in [0.2, 0.25) is 5.02 Å². The van der Waals surface area contributed by atoms with Crippen LogP contribution in [0.4, 0.5) is 5.69 Å². The number of anilines is 1. The normalized spacial score (nSPS) is 11.1. The molecular formula is C18H13ClN4OS. The number of nitrogens with zero attached hydrogens (tertiary/aromatic N) is 2. The summed E-state index contributed by atoms with van der Waals surface area (Å²) in [5.74, 6) is 0.152. The molecule has 4 rings (SSSR count). The number of hydrogen-bond acceptors (Lipinski definition) is 4. The molecule has 0 saturated carbocycles. The van der Waals surface area contributed by atoms with Crippen molar-refractivity contribution in [1.29, 1.82) is 0 Å². The molecule has 0 radical (unpaired) electrons. The van der Waals surface area contributed by atoms with Crippen molar-refractivity contribution in [3.63, 3.8) is 0 Å². The molecule has 0 saturated heterocycles. The van der Waals surface area contributed by atoms with E-state index < -0.39 is 0 Å². The fourth-order valence-electron chi connectivity index (χ4n) is 2.59. The highest BCUT2D eigenvalue weighted by molar-refractivity contribution is 8.00. The van der Waals surface area contributed by atoms with Crippen LogP contribution in [0.25, 0.3) is 21.9 Å². The molecule has 0 aliphatic carbocycles. The van der Waals surface area contributed by atoms with Gasteiger partial charge in [0.05, 0.1) is 11.3 Å². The summed E-state index contributed by atoms with van der Waals surface area (Å²) in [6.45, 7) is 0. The Hall–Kier alpha value is -2.57. The molecule has 7 heteroatoms. The molecule has 2 N–H and O–H groups in total. The Bertz CT molecular complexity index is 1060. The number of aromatic amines is 1. The molecule has 0 spiro atoms. The molecule has 0 atom stereocenters. The number of amides is 1. The average Bonchev–Trinajstić information content (AvgIpc) is 3.01. The predicted octanol–water partition coefficient (Wildman–Crippen LogP) is 4.50. The topological polar surface area (TPSA) is 70.7 Å². The fraction of sp³-hybridized carbons (Fsp3) is 0.0556. The zero-order valence-electron chi connectivity index (χ0n) is 13.0. The van der Waals surface area contributed by atoms with Crippen molar-refractivity contribution in [3.05, 3.63) is 59.9 Å². The molecule has 4 aromatic rings. The summed E-state index contributed by atoms with van der Waals surface area (Å²) in [6, 6.07) is 15.0. The van der Waals surface area contributed by atoms with E-state index >= 15 is 0 Å². The van der Waals surface area contributed by atoms with E-state index in [9.17, 15) is 4.79 Å². The lowest BCUT2D eigenvalue weighted by atomic mass is 10.2. The van der Waals surface area contributed by atoms with Crippen LogP contribution < -0.4 is 5.32 Å². The highest BCUT2D eigenvalue weighted by Gasteiger charge is 2.12. The lowest BCUT2D eigenvalue weighted by Gasteiger charge is -2.05. The zero-order valence-corrected chi connectivity index (χ0v) is 14.6. The summed E-state index contributed by atoms with van der Waals surface area (Å²) in [6.07, 6.45) is 1.53. The molecule has 2 heterocycles. The third-order valence-electron chi connectivity index (χ3n) is 3.72. The number of thioether (sulfide) groups is 1. The van der Waals surface area contributed by atoms with Crippen LogP contribution in [0.3, 0.4) is 0 Å².